The van der Waals surface area contributed by atoms with E-state index >= 15 is 0 Å². The highest BCUT2D eigenvalue weighted by atomic mass is 16.4. The van der Waals surface area contributed by atoms with Gasteiger partial charge in [0.2, 0.25) is 0 Å². The van der Waals surface area contributed by atoms with Crippen LogP contribution in [0.5, 0.6) is 0 Å². The third-order valence-corrected chi connectivity index (χ3v) is 1.64. The summed E-state index contributed by atoms with van der Waals surface area (Å²) in [6.45, 7) is 6.00. The average molecular weight is 198 g/mol. The Morgan fingerprint density at radius 2 is 2.07 bits per heavy atom. The molecule has 4 heteroatoms. The van der Waals surface area contributed by atoms with Crippen molar-refractivity contribution >= 4 is 12.2 Å². The number of aliphatic carboxylic acids is 1. The van der Waals surface area contributed by atoms with Gasteiger partial charge in [-0.05, 0) is 6.42 Å². The summed E-state index contributed by atoms with van der Waals surface area (Å²) in [6, 6.07) is 0. The summed E-state index contributed by atoms with van der Waals surface area (Å²) in [4.78, 5) is 14.3. The number of hydrogen-bond acceptors (Lipinski definition) is 3. The molecule has 0 aromatic rings. The lowest BCUT2D eigenvalue weighted by molar-refractivity contribution is -0.136. The monoisotopic (exact) mass is 198 g/mol. The van der Waals surface area contributed by atoms with Crippen LogP contribution in [0.2, 0.25) is 0 Å². The second-order valence-corrected chi connectivity index (χ2v) is 4.05. The fourth-order valence-electron chi connectivity index (χ4n) is 0.838. The second-order valence-electron chi connectivity index (χ2n) is 4.05. The highest BCUT2D eigenvalue weighted by Gasteiger charge is 2.15. The van der Waals surface area contributed by atoms with Gasteiger partial charge in [0.15, 0.2) is 0 Å². The third kappa shape index (κ3) is 5.35. The lowest BCUT2D eigenvalue weighted by Crippen LogP contribution is -2.09. The van der Waals surface area contributed by atoms with Crippen molar-refractivity contribution in [2.24, 2.45) is 16.1 Å². The molecule has 0 aromatic carbocycles. The van der Waals surface area contributed by atoms with Gasteiger partial charge in [-0.2, -0.15) is 0 Å². The molecule has 0 rings (SSSR count). The first-order valence-electron chi connectivity index (χ1n) is 4.54. The van der Waals surface area contributed by atoms with E-state index in [1.807, 2.05) is 20.8 Å². The lowest BCUT2D eigenvalue weighted by Gasteiger charge is -2.18. The maximum absolute atomic E-state index is 10.2. The van der Waals surface area contributed by atoms with Crippen LogP contribution < -0.4 is 5.73 Å². The van der Waals surface area contributed by atoms with E-state index in [0.717, 1.165) is 5.70 Å². The summed E-state index contributed by atoms with van der Waals surface area (Å²) in [5.74, 6) is -0.814. The quantitative estimate of drug-likeness (QED) is 0.676. The van der Waals surface area contributed by atoms with E-state index in [0.29, 0.717) is 6.42 Å². The molecular weight excluding hydrogens is 180 g/mol. The predicted molar refractivity (Wildman–Crippen MR) is 57.1 cm³/mol. The number of nitrogens with zero attached hydrogens (tertiary/aromatic N) is 1. The molecule has 4 nitrogen and oxygen atoms in total. The molecule has 0 unspecified atom stereocenters. The predicted octanol–water partition coefficient (Wildman–Crippen LogP) is 1.77. The molecule has 0 saturated heterocycles. The first kappa shape index (κ1) is 12.7. The molecule has 0 heterocycles. The van der Waals surface area contributed by atoms with Crippen LogP contribution >= 0.6 is 0 Å². The molecule has 0 atom stereocenters. The SMILES string of the molecule is CC(C)(C)C(=C/N)/N=C/CCC(=O)O. The zero-order chi connectivity index (χ0) is 11.2. The van der Waals surface area contributed by atoms with Crippen LogP contribution in [-0.4, -0.2) is 17.3 Å². The van der Waals surface area contributed by atoms with E-state index in [-0.39, 0.29) is 11.8 Å². The number of allylic oxidation sites excluding steroid dienone is 1. The van der Waals surface area contributed by atoms with Gasteiger partial charge in [-0.3, -0.25) is 9.79 Å². The number of hydrogen-bond donors (Lipinski definition) is 2. The Balaban J connectivity index is 4.15. The summed E-state index contributed by atoms with van der Waals surface area (Å²) >= 11 is 0. The average Bonchev–Trinajstić information content (AvgIpc) is 2.01. The molecule has 0 spiro atoms. The first-order valence-corrected chi connectivity index (χ1v) is 4.54. The highest BCUT2D eigenvalue weighted by molar-refractivity contribution is 5.72. The van der Waals surface area contributed by atoms with Crippen LogP contribution in [0, 0.1) is 5.41 Å². The number of carbonyl (C=O) groups is 1. The molecule has 0 radical (unpaired) electrons. The van der Waals surface area contributed by atoms with Gasteiger partial charge in [-0.15, -0.1) is 0 Å². The maximum atomic E-state index is 10.2. The van der Waals surface area contributed by atoms with E-state index in [1.54, 1.807) is 6.21 Å². The summed E-state index contributed by atoms with van der Waals surface area (Å²) in [7, 11) is 0. The van der Waals surface area contributed by atoms with E-state index in [1.165, 1.54) is 6.20 Å². The molecule has 3 N–H and O–H groups in total. The minimum absolute atomic E-state index is 0.103. The van der Waals surface area contributed by atoms with Crippen molar-refractivity contribution in [3.63, 3.8) is 0 Å². The van der Waals surface area contributed by atoms with Gasteiger partial charge in [0, 0.05) is 17.8 Å². The topological polar surface area (TPSA) is 75.7 Å². The van der Waals surface area contributed by atoms with Crippen LogP contribution in [0.4, 0.5) is 0 Å². The summed E-state index contributed by atoms with van der Waals surface area (Å²) in [6.07, 6.45) is 3.59. The van der Waals surface area contributed by atoms with Crippen molar-refractivity contribution in [2.75, 3.05) is 0 Å². The number of nitrogens with two attached hydrogens (primary N) is 1. The Morgan fingerprint density at radius 1 is 1.50 bits per heavy atom. The number of carboxylic acid groups (broad SMARTS) is 1. The second kappa shape index (κ2) is 5.42. The van der Waals surface area contributed by atoms with Crippen LogP contribution in [0.15, 0.2) is 16.9 Å². The van der Waals surface area contributed by atoms with Crippen molar-refractivity contribution in [1.29, 1.82) is 0 Å². The van der Waals surface area contributed by atoms with E-state index < -0.39 is 5.97 Å². The van der Waals surface area contributed by atoms with Gasteiger partial charge in [-0.1, -0.05) is 20.8 Å². The summed E-state index contributed by atoms with van der Waals surface area (Å²) < 4.78 is 0. The molecule has 0 aliphatic carbocycles. The third-order valence-electron chi connectivity index (χ3n) is 1.64. The normalized spacial score (nSPS) is 13.5. The minimum atomic E-state index is -0.814. The molecule has 80 valence electrons. The summed E-state index contributed by atoms with van der Waals surface area (Å²) in [5.41, 5.74) is 6.07. The highest BCUT2D eigenvalue weighted by Crippen LogP contribution is 2.24. The molecule has 0 aliphatic heterocycles. The van der Waals surface area contributed by atoms with Crippen molar-refractivity contribution in [1.82, 2.24) is 0 Å². The Morgan fingerprint density at radius 3 is 2.43 bits per heavy atom. The number of carboxylic acids is 1. The van der Waals surface area contributed by atoms with Crippen LogP contribution in [-0.2, 0) is 4.79 Å². The molecule has 14 heavy (non-hydrogen) atoms. The Hall–Kier alpha value is -1.32. The Kier molecular flexibility index (Phi) is 4.91. The van der Waals surface area contributed by atoms with Crippen molar-refractivity contribution in [3.8, 4) is 0 Å². The van der Waals surface area contributed by atoms with Gasteiger partial charge in [0.05, 0.1) is 12.1 Å². The largest absolute Gasteiger partial charge is 0.481 e. The fraction of sp³-hybridized carbons (Fsp3) is 0.600. The van der Waals surface area contributed by atoms with E-state index in [9.17, 15) is 4.79 Å². The van der Waals surface area contributed by atoms with Crippen LogP contribution in [0.3, 0.4) is 0 Å². The standard InChI is InChI=1S/C10H18N2O2/c1-10(2,3)8(7-11)12-6-4-5-9(13)14/h6-7H,4-5,11H2,1-3H3,(H,13,14)/b8-7-,12-6+. The lowest BCUT2D eigenvalue weighted by atomic mass is 9.93. The molecule has 0 aliphatic rings. The van der Waals surface area contributed by atoms with Crippen molar-refractivity contribution in [3.05, 3.63) is 11.9 Å². The molecular formula is C10H18N2O2. The minimum Gasteiger partial charge on any atom is -0.481 e. The van der Waals surface area contributed by atoms with Gasteiger partial charge in [-0.25, -0.2) is 0 Å². The zero-order valence-corrected chi connectivity index (χ0v) is 8.95. The zero-order valence-electron chi connectivity index (χ0n) is 8.95. The van der Waals surface area contributed by atoms with Crippen molar-refractivity contribution < 1.29 is 9.90 Å². The van der Waals surface area contributed by atoms with Crippen molar-refractivity contribution in [2.45, 2.75) is 33.6 Å². The van der Waals surface area contributed by atoms with Gasteiger partial charge >= 0.3 is 5.97 Å². The summed E-state index contributed by atoms with van der Waals surface area (Å²) in [5, 5.41) is 8.39. The molecule has 0 amide bonds. The van der Waals surface area contributed by atoms with Crippen LogP contribution in [0.25, 0.3) is 0 Å². The van der Waals surface area contributed by atoms with E-state index in [2.05, 4.69) is 4.99 Å². The van der Waals surface area contributed by atoms with Gasteiger partial charge in [0.25, 0.3) is 0 Å². The Bertz CT molecular complexity index is 249. The van der Waals surface area contributed by atoms with E-state index in [4.69, 9.17) is 10.8 Å². The fourth-order valence-corrected chi connectivity index (χ4v) is 0.838. The molecule has 0 bridgehead atoms. The van der Waals surface area contributed by atoms with Gasteiger partial charge < -0.3 is 10.8 Å². The smallest absolute Gasteiger partial charge is 0.303 e. The number of rotatable bonds is 4. The maximum Gasteiger partial charge on any atom is 0.303 e. The van der Waals surface area contributed by atoms with Crippen LogP contribution in [0.1, 0.15) is 33.6 Å². The molecule has 0 aromatic heterocycles. The number of aliphatic imine (C=N–C) groups is 1. The molecule has 0 fully saturated rings. The Labute approximate surface area is 84.5 Å². The van der Waals surface area contributed by atoms with Gasteiger partial charge in [0.1, 0.15) is 0 Å². The molecule has 0 saturated carbocycles. The first-order chi connectivity index (χ1) is 6.38.